The van der Waals surface area contributed by atoms with Gasteiger partial charge in [0.25, 0.3) is 11.7 Å². The maximum Gasteiger partial charge on any atom is 0.407 e. The fourth-order valence-corrected chi connectivity index (χ4v) is 16.8. The number of hydrogen-bond acceptors (Lipinski definition) is 22. The number of phenolic OH excluding ortho intramolecular Hbond substituents is 2. The van der Waals surface area contributed by atoms with E-state index in [0.717, 1.165) is 6.54 Å². The van der Waals surface area contributed by atoms with Gasteiger partial charge in [0.1, 0.15) is 51.9 Å². The van der Waals surface area contributed by atoms with Gasteiger partial charge in [-0.25, -0.2) is 9.79 Å². The van der Waals surface area contributed by atoms with Crippen LogP contribution in [0.3, 0.4) is 0 Å². The van der Waals surface area contributed by atoms with Gasteiger partial charge in [0, 0.05) is 120 Å². The minimum Gasteiger partial charge on any atom is -0.507 e. The molecule has 2 amide bonds. The van der Waals surface area contributed by atoms with Crippen molar-refractivity contribution in [3.63, 3.8) is 0 Å². The Bertz CT molecular complexity index is 3750. The Kier molecular flexibility index (Phi) is 23.3. The lowest BCUT2D eigenvalue weighted by Gasteiger charge is -2.58. The van der Waals surface area contributed by atoms with Gasteiger partial charge in [0.2, 0.25) is 0 Å². The number of carbonyl (C=O) groups is 6. The number of piperidine rings is 1. The summed E-state index contributed by atoms with van der Waals surface area (Å²) in [5.41, 5.74) is -2.10. The lowest BCUT2D eigenvalue weighted by atomic mass is 9.63. The predicted octanol–water partition coefficient (Wildman–Crippen LogP) is 6.18. The standard InChI is InChI=1S/C66H92N6O22P2/c1-34(2)31-72-26-22-65(23-27-72)69-52-49-50-56(77)40(8)60-51(49)61(79)64(12,93-60)90-29-21-46(88-13)37(5)58(92-43(11)74)38(6)55(76)39(7)59-41(9)66(94-59,36(4)30-35(3)62(80)68-54(57(50)78)53(52)70-65)47(75)32-71(25-15-14-16-48(95(82,83)84)96(85,86)87)28-24-67-63(81)89-33-44-17-19-45(20-18-44)91-42(10)73/h17-21,29-30,34,36-39,41,46,48,55,58-59,69,76-78H,14-16,22-28,31-33H2,1-13H3,(H,67,81)(H2,82,83,84)(H2,85,86,87)/b29-21+,35-30-,68-54?/t36?,37-,38-,39+,41-,46+,55+,58-,59-,64+,66?/m1/s1. The average Bonchev–Trinajstić information content (AvgIpc) is 1.37. The van der Waals surface area contributed by atoms with Crippen molar-refractivity contribution >= 4 is 67.2 Å². The molecule has 2 fully saturated rings. The molecular formula is C66H92N6O22P2. The van der Waals surface area contributed by atoms with Crippen LogP contribution in [0.15, 0.2) is 58.2 Å². The van der Waals surface area contributed by atoms with E-state index in [0.29, 0.717) is 37.4 Å². The molecule has 30 heteroatoms. The zero-order valence-corrected chi connectivity index (χ0v) is 58.3. The van der Waals surface area contributed by atoms with Crippen molar-refractivity contribution in [3.05, 3.63) is 75.7 Å². The van der Waals surface area contributed by atoms with Gasteiger partial charge < -0.3 is 83.6 Å². The number of ether oxygens (including phenoxy) is 7. The van der Waals surface area contributed by atoms with Gasteiger partial charge in [-0.1, -0.05) is 73.1 Å². The molecule has 3 aromatic rings. The van der Waals surface area contributed by atoms with E-state index in [1.807, 2.05) is 0 Å². The fraction of sp³-hybridized carbons (Fsp3) is 0.606. The highest BCUT2D eigenvalue weighted by Crippen LogP contribution is 2.62. The fourth-order valence-electron chi connectivity index (χ4n) is 14.2. The number of esters is 2. The summed E-state index contributed by atoms with van der Waals surface area (Å²) < 4.78 is 66.4. The second kappa shape index (κ2) is 29.8. The number of anilines is 1. The summed E-state index contributed by atoms with van der Waals surface area (Å²) in [6.45, 7) is 20.8. The molecule has 7 bridgehead atoms. The molecule has 9 N–H and O–H groups in total. The molecule has 8 heterocycles. The highest BCUT2D eigenvalue weighted by atomic mass is 31.2. The number of likely N-dealkylation sites (tertiary alicyclic amines) is 1. The Morgan fingerprint density at radius 2 is 1.54 bits per heavy atom. The van der Waals surface area contributed by atoms with Crippen LogP contribution in [0.5, 0.6) is 23.0 Å². The summed E-state index contributed by atoms with van der Waals surface area (Å²) in [4.78, 5) is 136. The summed E-state index contributed by atoms with van der Waals surface area (Å²) in [5.74, 6) is -10.1. The van der Waals surface area contributed by atoms with Crippen LogP contribution in [0.2, 0.25) is 0 Å². The second-order valence-corrected chi connectivity index (χ2v) is 30.8. The number of aliphatic hydroxyl groups is 1. The molecule has 528 valence electrons. The van der Waals surface area contributed by atoms with Crippen molar-refractivity contribution in [2.45, 2.75) is 169 Å². The lowest BCUT2D eigenvalue weighted by molar-refractivity contribution is -0.281. The third kappa shape index (κ3) is 15.9. The Morgan fingerprint density at radius 1 is 0.885 bits per heavy atom. The van der Waals surface area contributed by atoms with Gasteiger partial charge in [0.05, 0.1) is 47.8 Å². The number of unbranched alkanes of at least 4 members (excludes halogenated alkanes) is 1. The van der Waals surface area contributed by atoms with E-state index in [4.69, 9.17) is 38.2 Å². The second-order valence-electron chi connectivity index (χ2n) is 26.8. The number of Topliss-reactive ketones (excluding diaryl/α,β-unsaturated/α-hetero) is 2. The molecule has 11 atom stereocenters. The summed E-state index contributed by atoms with van der Waals surface area (Å²) >= 11 is 0. The summed E-state index contributed by atoms with van der Waals surface area (Å²) in [5, 5.41) is 40.7. The van der Waals surface area contributed by atoms with Crippen LogP contribution in [-0.2, 0) is 58.6 Å². The van der Waals surface area contributed by atoms with E-state index in [2.05, 4.69) is 34.4 Å². The lowest BCUT2D eigenvalue weighted by Crippen LogP contribution is -2.70. The van der Waals surface area contributed by atoms with E-state index in [1.165, 1.54) is 72.3 Å². The maximum absolute atomic E-state index is 15.6. The van der Waals surface area contributed by atoms with E-state index in [1.54, 1.807) is 51.7 Å². The molecule has 3 aromatic carbocycles. The first-order valence-corrected chi connectivity index (χ1v) is 35.7. The molecule has 11 rings (SSSR count). The third-order valence-corrected chi connectivity index (χ3v) is 23.2. The number of hydrogen-bond donors (Lipinski definition) is 9. The van der Waals surface area contributed by atoms with Crippen molar-refractivity contribution in [2.75, 3.05) is 58.2 Å². The first-order chi connectivity index (χ1) is 44.9. The predicted molar refractivity (Wildman–Crippen MR) is 348 cm³/mol. The van der Waals surface area contributed by atoms with E-state index < -0.39 is 152 Å². The van der Waals surface area contributed by atoms with E-state index >= 15 is 9.59 Å². The molecule has 96 heavy (non-hydrogen) atoms. The number of nitrogens with zero attached hydrogens (tertiary/aromatic N) is 4. The zero-order valence-electron chi connectivity index (χ0n) is 56.5. The first-order valence-electron chi connectivity index (χ1n) is 32.3. The van der Waals surface area contributed by atoms with Crippen LogP contribution in [-0.4, -0.2) is 180 Å². The Balaban J connectivity index is 1.22. The van der Waals surface area contributed by atoms with Crippen molar-refractivity contribution < 1.29 is 106 Å². The summed E-state index contributed by atoms with van der Waals surface area (Å²) in [6.07, 6.45) is -0.526. The highest BCUT2D eigenvalue weighted by Gasteiger charge is 2.63. The smallest absolute Gasteiger partial charge is 0.407 e. The molecule has 0 radical (unpaired) electrons. The minimum atomic E-state index is -5.28. The van der Waals surface area contributed by atoms with Crippen molar-refractivity contribution in [1.82, 2.24) is 15.1 Å². The minimum absolute atomic E-state index is 0.0256. The van der Waals surface area contributed by atoms with Gasteiger partial charge in [-0.2, -0.15) is 0 Å². The molecule has 2 saturated heterocycles. The molecule has 2 unspecified atom stereocenters. The summed E-state index contributed by atoms with van der Waals surface area (Å²) in [7, 11) is -9.15. The number of methoxy groups -OCH3 is 1. The molecule has 0 saturated carbocycles. The largest absolute Gasteiger partial charge is 0.507 e. The number of carbonyl (C=O) groups excluding carboxylic acids is 6. The number of rotatable bonds is 20. The molecule has 1 spiro atoms. The van der Waals surface area contributed by atoms with Crippen LogP contribution < -0.4 is 30.8 Å². The van der Waals surface area contributed by atoms with Gasteiger partial charge >= 0.3 is 39.0 Å². The molecular weight excluding hydrogens is 1290 g/mol. The van der Waals surface area contributed by atoms with E-state index in [9.17, 15) is 63.2 Å². The first kappa shape index (κ1) is 75.1. The van der Waals surface area contributed by atoms with Crippen molar-refractivity contribution in [1.29, 1.82) is 0 Å². The van der Waals surface area contributed by atoms with Gasteiger partial charge in [-0.15, -0.1) is 0 Å². The van der Waals surface area contributed by atoms with Crippen LogP contribution in [0.25, 0.3) is 10.8 Å². The average molecular weight is 1380 g/mol. The number of nitrogens with one attached hydrogen (secondary N) is 2. The van der Waals surface area contributed by atoms with Crippen molar-refractivity contribution in [2.24, 2.45) is 45.5 Å². The van der Waals surface area contributed by atoms with Gasteiger partial charge in [0.15, 0.2) is 16.9 Å². The zero-order chi connectivity index (χ0) is 70.9. The van der Waals surface area contributed by atoms with Crippen molar-refractivity contribution in [3.8, 4) is 23.0 Å². The third-order valence-electron chi connectivity index (χ3n) is 19.3. The Morgan fingerprint density at radius 3 is 2.14 bits per heavy atom. The molecule has 28 nitrogen and oxygen atoms in total. The maximum atomic E-state index is 15.6. The van der Waals surface area contributed by atoms with Gasteiger partial charge in [-0.05, 0) is 62.9 Å². The normalized spacial score (nSPS) is 27.8. The number of aromatic hydroxyl groups is 2. The molecule has 0 aromatic heterocycles. The molecule has 0 aliphatic carbocycles. The van der Waals surface area contributed by atoms with Crippen LogP contribution in [0.4, 0.5) is 10.5 Å². The quantitative estimate of drug-likeness (QED) is 0.0200. The summed E-state index contributed by atoms with van der Waals surface area (Å²) in [6, 6.07) is 6.24. The van der Waals surface area contributed by atoms with E-state index in [-0.39, 0.29) is 94.5 Å². The monoisotopic (exact) mass is 1380 g/mol. The Labute approximate surface area is 557 Å². The SMILES string of the molecule is CO[C@H]1/C=C/O[C@@]2(C)Oc3c(C)c(O)c4c(O)c(c5c(c4c3C2=O)NC2(CCN(CC(C)C)CC2)N=5)=NC(=O)/C(C)=C\C(C)C2(C(=O)CN(CCCCC(P(=O)(O)O)P(=O)(O)O)CCNC(=O)OCc3ccc(OC(C)=O)cc3)O[C@H]([C@@H](C)[C@@H](O)[C@@H](C)[C@H](OC(C)=O)[C@@H]1C)[C@H]2C. The molecule has 8 aliphatic rings. The molecule has 8 aliphatic heterocycles. The Hall–Kier alpha value is -6.68. The van der Waals surface area contributed by atoms with Crippen LogP contribution in [0.1, 0.15) is 130 Å². The van der Waals surface area contributed by atoms with Crippen LogP contribution in [0, 0.1) is 42.4 Å². The number of alkyl carbamates (subject to hydrolysis) is 1. The van der Waals surface area contributed by atoms with Gasteiger partial charge in [-0.3, -0.25) is 43.0 Å². The highest BCUT2D eigenvalue weighted by molar-refractivity contribution is 7.70. The number of ketones is 2. The number of phenols is 2. The number of benzene rings is 3. The van der Waals surface area contributed by atoms with Crippen LogP contribution >= 0.6 is 15.2 Å². The number of amides is 2. The number of aliphatic hydroxyl groups excluding tert-OH is 1. The topological polar surface area (TPSA) is 398 Å².